The molecule has 0 saturated heterocycles. The lowest BCUT2D eigenvalue weighted by Gasteiger charge is -2.18. The first-order chi connectivity index (χ1) is 16.2. The fourth-order valence-corrected chi connectivity index (χ4v) is 3.13. The summed E-state index contributed by atoms with van der Waals surface area (Å²) in [6.45, 7) is 2.07. The molecule has 3 aromatic carbocycles. The van der Waals surface area contributed by atoms with E-state index in [-0.39, 0.29) is 30.9 Å². The molecule has 176 valence electrons. The number of hydrogen-bond acceptors (Lipinski definition) is 4. The average Bonchev–Trinajstić information content (AvgIpc) is 2.82. The van der Waals surface area contributed by atoms with E-state index in [4.69, 9.17) is 4.74 Å². The lowest BCUT2D eigenvalue weighted by molar-refractivity contribution is -0.134. The average molecular weight is 466 g/mol. The van der Waals surface area contributed by atoms with Crippen molar-refractivity contribution in [3.63, 3.8) is 0 Å². The Bertz CT molecular complexity index is 1180. The van der Waals surface area contributed by atoms with Crippen LogP contribution in [0.4, 0.5) is 14.5 Å². The van der Waals surface area contributed by atoms with Crippen LogP contribution in [0.2, 0.25) is 0 Å². The van der Waals surface area contributed by atoms with Gasteiger partial charge in [0.1, 0.15) is 17.4 Å². The lowest BCUT2D eigenvalue weighted by Crippen LogP contribution is -2.26. The third-order valence-electron chi connectivity index (χ3n) is 5.08. The van der Waals surface area contributed by atoms with Crippen molar-refractivity contribution in [2.45, 2.75) is 19.8 Å². The zero-order valence-corrected chi connectivity index (χ0v) is 18.8. The standard InChI is InChI=1S/C26H24F2N2O4/c1-17-5-7-18(8-6-17)26(33)30(2)20-10-12-21(13-11-20)34-24(31)4-3-15-29-25(32)22-14-9-19(27)16-23(22)28/h5-14,16H,3-4,15H2,1-2H3,(H,29,32). The van der Waals surface area contributed by atoms with Crippen LogP contribution in [0.15, 0.2) is 66.7 Å². The molecule has 0 unspecified atom stereocenters. The second-order valence-electron chi connectivity index (χ2n) is 7.68. The van der Waals surface area contributed by atoms with Gasteiger partial charge in [0.25, 0.3) is 11.8 Å². The molecule has 0 atom stereocenters. The van der Waals surface area contributed by atoms with Gasteiger partial charge in [0.15, 0.2) is 0 Å². The zero-order chi connectivity index (χ0) is 24.7. The number of ether oxygens (including phenoxy) is 1. The number of benzene rings is 3. The van der Waals surface area contributed by atoms with Gasteiger partial charge in [-0.05, 0) is 61.9 Å². The number of esters is 1. The number of aryl methyl sites for hydroxylation is 1. The molecule has 8 heteroatoms. The summed E-state index contributed by atoms with van der Waals surface area (Å²) >= 11 is 0. The van der Waals surface area contributed by atoms with Crippen molar-refractivity contribution < 1.29 is 27.9 Å². The van der Waals surface area contributed by atoms with E-state index in [2.05, 4.69) is 5.32 Å². The number of carbonyl (C=O) groups excluding carboxylic acids is 3. The van der Waals surface area contributed by atoms with Crippen molar-refractivity contribution in [3.8, 4) is 5.75 Å². The topological polar surface area (TPSA) is 75.7 Å². The van der Waals surface area contributed by atoms with Gasteiger partial charge in [0.05, 0.1) is 5.56 Å². The molecule has 0 saturated carbocycles. The molecule has 0 spiro atoms. The molecule has 0 radical (unpaired) electrons. The Morgan fingerprint density at radius 1 is 0.941 bits per heavy atom. The van der Waals surface area contributed by atoms with Gasteiger partial charge in [0.2, 0.25) is 0 Å². The summed E-state index contributed by atoms with van der Waals surface area (Å²) in [5.74, 6) is -2.75. The van der Waals surface area contributed by atoms with Crippen LogP contribution in [0.1, 0.15) is 39.1 Å². The Morgan fingerprint density at radius 2 is 1.62 bits per heavy atom. The van der Waals surface area contributed by atoms with Crippen LogP contribution in [0.5, 0.6) is 5.75 Å². The number of anilines is 1. The highest BCUT2D eigenvalue weighted by Crippen LogP contribution is 2.21. The monoisotopic (exact) mass is 466 g/mol. The van der Waals surface area contributed by atoms with Crippen LogP contribution in [0.25, 0.3) is 0 Å². The number of carbonyl (C=O) groups is 3. The van der Waals surface area contributed by atoms with Gasteiger partial charge in [-0.1, -0.05) is 17.7 Å². The molecule has 0 aliphatic rings. The Kier molecular flexibility index (Phi) is 8.08. The van der Waals surface area contributed by atoms with Crippen molar-refractivity contribution in [3.05, 3.63) is 95.1 Å². The van der Waals surface area contributed by atoms with E-state index in [0.29, 0.717) is 23.1 Å². The summed E-state index contributed by atoms with van der Waals surface area (Å²) in [5.41, 5.74) is 2.00. The van der Waals surface area contributed by atoms with Gasteiger partial charge >= 0.3 is 5.97 Å². The molecule has 0 fully saturated rings. The van der Waals surface area contributed by atoms with Gasteiger partial charge in [-0.25, -0.2) is 8.78 Å². The Balaban J connectivity index is 1.45. The highest BCUT2D eigenvalue weighted by Gasteiger charge is 2.15. The van der Waals surface area contributed by atoms with Gasteiger partial charge in [-0.2, -0.15) is 0 Å². The molecule has 0 bridgehead atoms. The molecule has 34 heavy (non-hydrogen) atoms. The van der Waals surface area contributed by atoms with Gasteiger partial charge in [-0.3, -0.25) is 14.4 Å². The van der Waals surface area contributed by atoms with E-state index in [1.165, 1.54) is 4.90 Å². The highest BCUT2D eigenvalue weighted by molar-refractivity contribution is 6.05. The first kappa shape index (κ1) is 24.6. The maximum atomic E-state index is 13.6. The Labute approximate surface area is 196 Å². The van der Waals surface area contributed by atoms with Crippen LogP contribution in [-0.2, 0) is 4.79 Å². The minimum atomic E-state index is -0.952. The second-order valence-corrected chi connectivity index (χ2v) is 7.68. The van der Waals surface area contributed by atoms with Crippen molar-refractivity contribution in [2.24, 2.45) is 0 Å². The fraction of sp³-hybridized carbons (Fsp3) is 0.192. The van der Waals surface area contributed by atoms with Crippen LogP contribution >= 0.6 is 0 Å². The van der Waals surface area contributed by atoms with Crippen LogP contribution in [-0.4, -0.2) is 31.4 Å². The Morgan fingerprint density at radius 3 is 2.26 bits per heavy atom. The summed E-state index contributed by atoms with van der Waals surface area (Å²) in [6.07, 6.45) is 0.305. The molecule has 6 nitrogen and oxygen atoms in total. The molecular weight excluding hydrogens is 442 g/mol. The van der Waals surface area contributed by atoms with E-state index in [1.54, 1.807) is 43.4 Å². The summed E-state index contributed by atoms with van der Waals surface area (Å²) in [5, 5.41) is 2.48. The van der Waals surface area contributed by atoms with Crippen LogP contribution in [0, 0.1) is 18.6 Å². The summed E-state index contributed by atoms with van der Waals surface area (Å²) in [7, 11) is 1.66. The second kappa shape index (κ2) is 11.2. The van der Waals surface area contributed by atoms with E-state index in [0.717, 1.165) is 17.7 Å². The predicted molar refractivity (Wildman–Crippen MR) is 124 cm³/mol. The number of nitrogens with one attached hydrogen (secondary N) is 1. The zero-order valence-electron chi connectivity index (χ0n) is 18.8. The van der Waals surface area contributed by atoms with E-state index >= 15 is 0 Å². The maximum absolute atomic E-state index is 13.6. The van der Waals surface area contributed by atoms with Crippen LogP contribution < -0.4 is 15.0 Å². The molecule has 1 N–H and O–H groups in total. The number of halogens is 2. The summed E-state index contributed by atoms with van der Waals surface area (Å²) in [4.78, 5) is 38.1. The van der Waals surface area contributed by atoms with Crippen molar-refractivity contribution in [2.75, 3.05) is 18.5 Å². The first-order valence-electron chi connectivity index (χ1n) is 10.6. The minimum Gasteiger partial charge on any atom is -0.427 e. The fourth-order valence-electron chi connectivity index (χ4n) is 3.13. The number of rotatable bonds is 8. The van der Waals surface area contributed by atoms with Crippen molar-refractivity contribution in [1.82, 2.24) is 5.32 Å². The van der Waals surface area contributed by atoms with E-state index in [1.807, 2.05) is 19.1 Å². The first-order valence-corrected chi connectivity index (χ1v) is 10.6. The number of nitrogens with zero attached hydrogens (tertiary/aromatic N) is 1. The molecule has 0 aliphatic heterocycles. The minimum absolute atomic E-state index is 0.0275. The normalized spacial score (nSPS) is 10.5. The SMILES string of the molecule is Cc1ccc(C(=O)N(C)c2ccc(OC(=O)CCCNC(=O)c3ccc(F)cc3F)cc2)cc1. The maximum Gasteiger partial charge on any atom is 0.311 e. The van der Waals surface area contributed by atoms with Crippen molar-refractivity contribution in [1.29, 1.82) is 0 Å². The van der Waals surface area contributed by atoms with Gasteiger partial charge in [0, 0.05) is 37.3 Å². The largest absolute Gasteiger partial charge is 0.427 e. The van der Waals surface area contributed by atoms with Gasteiger partial charge in [-0.15, -0.1) is 0 Å². The molecule has 2 amide bonds. The predicted octanol–water partition coefficient (Wildman–Crippen LogP) is 4.67. The highest BCUT2D eigenvalue weighted by atomic mass is 19.1. The van der Waals surface area contributed by atoms with Crippen molar-refractivity contribution >= 4 is 23.5 Å². The lowest BCUT2D eigenvalue weighted by atomic mass is 10.1. The van der Waals surface area contributed by atoms with E-state index in [9.17, 15) is 23.2 Å². The molecule has 3 rings (SSSR count). The Hall–Kier alpha value is -4.07. The molecule has 0 aliphatic carbocycles. The summed E-state index contributed by atoms with van der Waals surface area (Å²) < 4.78 is 31.8. The third kappa shape index (κ3) is 6.48. The number of hydrogen-bond donors (Lipinski definition) is 1. The van der Waals surface area contributed by atoms with Crippen LogP contribution in [0.3, 0.4) is 0 Å². The summed E-state index contributed by atoms with van der Waals surface area (Å²) in [6, 6.07) is 16.5. The number of amides is 2. The smallest absolute Gasteiger partial charge is 0.311 e. The quantitative estimate of drug-likeness (QED) is 0.298. The van der Waals surface area contributed by atoms with Gasteiger partial charge < -0.3 is 15.0 Å². The molecule has 0 heterocycles. The molecule has 0 aromatic heterocycles. The molecule has 3 aromatic rings. The third-order valence-corrected chi connectivity index (χ3v) is 5.08. The van der Waals surface area contributed by atoms with E-state index < -0.39 is 23.5 Å². The molecular formula is C26H24F2N2O4.